The molecular formula is C22H14Cl2N2O3. The number of nitrogens with one attached hydrogen (secondary N) is 1. The molecule has 4 rings (SSSR count). The van der Waals surface area contributed by atoms with Crippen LogP contribution in [0.3, 0.4) is 0 Å². The minimum absolute atomic E-state index is 0.118. The summed E-state index contributed by atoms with van der Waals surface area (Å²) in [6.45, 7) is 0. The SMILES string of the molecule is O=C(N/N=C\c1ccc(-c2cccc(Cl)c2Cl)o1)c1cc2ccccc2cc1O. The molecule has 5 nitrogen and oxygen atoms in total. The number of hydrazone groups is 1. The summed E-state index contributed by atoms with van der Waals surface area (Å²) < 4.78 is 5.68. The third-order valence-corrected chi connectivity index (χ3v) is 5.13. The molecule has 0 atom stereocenters. The van der Waals surface area contributed by atoms with Crippen LogP contribution < -0.4 is 5.43 Å². The van der Waals surface area contributed by atoms with Gasteiger partial charge in [-0.15, -0.1) is 0 Å². The molecule has 0 aliphatic heterocycles. The molecule has 29 heavy (non-hydrogen) atoms. The second-order valence-electron chi connectivity index (χ2n) is 6.22. The highest BCUT2D eigenvalue weighted by atomic mass is 35.5. The summed E-state index contributed by atoms with van der Waals surface area (Å²) in [6.07, 6.45) is 1.36. The molecule has 0 aliphatic rings. The highest BCUT2D eigenvalue weighted by Crippen LogP contribution is 2.34. The second-order valence-corrected chi connectivity index (χ2v) is 7.00. The number of phenolic OH excluding ortho intramolecular Hbond substituents is 1. The lowest BCUT2D eigenvalue weighted by molar-refractivity contribution is 0.0952. The molecule has 2 N–H and O–H groups in total. The van der Waals surface area contributed by atoms with Gasteiger partial charge in [0.15, 0.2) is 0 Å². The van der Waals surface area contributed by atoms with Crippen molar-refractivity contribution in [3.05, 3.63) is 88.1 Å². The van der Waals surface area contributed by atoms with Gasteiger partial charge in [0.1, 0.15) is 17.3 Å². The predicted molar refractivity (Wildman–Crippen MR) is 115 cm³/mol. The van der Waals surface area contributed by atoms with Crippen molar-refractivity contribution in [1.82, 2.24) is 5.43 Å². The molecule has 3 aromatic carbocycles. The minimum Gasteiger partial charge on any atom is -0.507 e. The van der Waals surface area contributed by atoms with Crippen molar-refractivity contribution in [2.75, 3.05) is 0 Å². The van der Waals surface area contributed by atoms with E-state index in [-0.39, 0.29) is 11.3 Å². The fourth-order valence-electron chi connectivity index (χ4n) is 2.89. The number of carbonyl (C=O) groups is 1. The third-order valence-electron chi connectivity index (χ3n) is 4.31. The number of nitrogens with zero attached hydrogens (tertiary/aromatic N) is 1. The molecule has 7 heteroatoms. The molecule has 0 saturated carbocycles. The maximum Gasteiger partial charge on any atom is 0.275 e. The Morgan fingerprint density at radius 1 is 1.00 bits per heavy atom. The van der Waals surface area contributed by atoms with Crippen molar-refractivity contribution in [1.29, 1.82) is 0 Å². The molecule has 0 spiro atoms. The van der Waals surface area contributed by atoms with Crippen LogP contribution in [0.5, 0.6) is 5.75 Å². The van der Waals surface area contributed by atoms with Gasteiger partial charge < -0.3 is 9.52 Å². The number of furan rings is 1. The van der Waals surface area contributed by atoms with E-state index in [4.69, 9.17) is 27.6 Å². The predicted octanol–water partition coefficient (Wildman–Crippen LogP) is 5.88. The highest BCUT2D eigenvalue weighted by molar-refractivity contribution is 6.43. The van der Waals surface area contributed by atoms with E-state index in [0.717, 1.165) is 10.8 Å². The number of halogens is 2. The van der Waals surface area contributed by atoms with Gasteiger partial charge in [0.05, 0.1) is 21.8 Å². The van der Waals surface area contributed by atoms with Gasteiger partial charge in [-0.05, 0) is 47.2 Å². The Balaban J connectivity index is 1.50. The number of hydrogen-bond donors (Lipinski definition) is 2. The normalized spacial score (nSPS) is 11.2. The number of amides is 1. The number of phenols is 1. The maximum absolute atomic E-state index is 12.4. The first-order valence-electron chi connectivity index (χ1n) is 8.62. The van der Waals surface area contributed by atoms with Crippen molar-refractivity contribution in [2.45, 2.75) is 0 Å². The quantitative estimate of drug-likeness (QED) is 0.317. The van der Waals surface area contributed by atoms with Gasteiger partial charge in [-0.3, -0.25) is 4.79 Å². The van der Waals surface area contributed by atoms with Crippen LogP contribution in [0, 0.1) is 0 Å². The van der Waals surface area contributed by atoms with Gasteiger partial charge in [0, 0.05) is 5.56 Å². The fourth-order valence-corrected chi connectivity index (χ4v) is 3.28. The van der Waals surface area contributed by atoms with Crippen LogP contribution in [0.25, 0.3) is 22.1 Å². The third kappa shape index (κ3) is 3.97. The Bertz CT molecular complexity index is 1250. The number of rotatable bonds is 4. The number of hydrogen-bond acceptors (Lipinski definition) is 4. The Labute approximate surface area is 176 Å². The molecule has 1 aromatic heterocycles. The van der Waals surface area contributed by atoms with E-state index in [1.54, 1.807) is 42.5 Å². The molecule has 1 heterocycles. The molecule has 0 unspecified atom stereocenters. The summed E-state index contributed by atoms with van der Waals surface area (Å²) in [5.41, 5.74) is 3.17. The van der Waals surface area contributed by atoms with E-state index in [9.17, 15) is 9.90 Å². The van der Waals surface area contributed by atoms with E-state index in [0.29, 0.717) is 27.1 Å². The van der Waals surface area contributed by atoms with E-state index in [1.165, 1.54) is 6.21 Å². The number of carbonyl (C=O) groups excluding carboxylic acids is 1. The summed E-state index contributed by atoms with van der Waals surface area (Å²) >= 11 is 12.2. The largest absolute Gasteiger partial charge is 0.507 e. The zero-order valence-corrected chi connectivity index (χ0v) is 16.4. The number of fused-ring (bicyclic) bond motifs is 1. The molecule has 144 valence electrons. The lowest BCUT2D eigenvalue weighted by Gasteiger charge is -2.05. The van der Waals surface area contributed by atoms with Gasteiger partial charge in [0.2, 0.25) is 0 Å². The average Bonchev–Trinajstić information content (AvgIpc) is 3.18. The van der Waals surface area contributed by atoms with E-state index in [2.05, 4.69) is 10.5 Å². The van der Waals surface area contributed by atoms with E-state index < -0.39 is 5.91 Å². The fraction of sp³-hybridized carbons (Fsp3) is 0. The second kappa shape index (κ2) is 7.99. The van der Waals surface area contributed by atoms with Crippen LogP contribution in [-0.2, 0) is 0 Å². The van der Waals surface area contributed by atoms with Gasteiger partial charge in [0.25, 0.3) is 5.91 Å². The van der Waals surface area contributed by atoms with Crippen molar-refractivity contribution in [3.63, 3.8) is 0 Å². The molecule has 1 amide bonds. The first kappa shape index (κ1) is 19.1. The van der Waals surface area contributed by atoms with Crippen LogP contribution in [0.1, 0.15) is 16.1 Å². The summed E-state index contributed by atoms with van der Waals surface area (Å²) in [7, 11) is 0. The van der Waals surface area contributed by atoms with Crippen molar-refractivity contribution in [2.24, 2.45) is 5.10 Å². The molecule has 0 fully saturated rings. The van der Waals surface area contributed by atoms with E-state index >= 15 is 0 Å². The van der Waals surface area contributed by atoms with Crippen LogP contribution >= 0.6 is 23.2 Å². The number of benzene rings is 3. The Hall–Kier alpha value is -3.28. The molecule has 0 radical (unpaired) electrons. The topological polar surface area (TPSA) is 74.8 Å². The van der Waals surface area contributed by atoms with Crippen molar-refractivity contribution >= 4 is 46.1 Å². The summed E-state index contributed by atoms with van der Waals surface area (Å²) in [5.74, 6) is 0.290. The van der Waals surface area contributed by atoms with Gasteiger partial charge in [-0.25, -0.2) is 5.43 Å². The lowest BCUT2D eigenvalue weighted by atomic mass is 10.1. The van der Waals surface area contributed by atoms with E-state index in [1.807, 2.05) is 24.3 Å². The first-order valence-corrected chi connectivity index (χ1v) is 9.38. The summed E-state index contributed by atoms with van der Waals surface area (Å²) in [4.78, 5) is 12.4. The zero-order chi connectivity index (χ0) is 20.4. The molecular weight excluding hydrogens is 411 g/mol. The zero-order valence-electron chi connectivity index (χ0n) is 14.9. The van der Waals surface area contributed by atoms with Gasteiger partial charge in [-0.2, -0.15) is 5.10 Å². The van der Waals surface area contributed by atoms with Crippen LogP contribution in [-0.4, -0.2) is 17.2 Å². The summed E-state index contributed by atoms with van der Waals surface area (Å²) in [5, 5.41) is 16.5. The highest BCUT2D eigenvalue weighted by Gasteiger charge is 2.13. The van der Waals surface area contributed by atoms with Crippen LogP contribution in [0.4, 0.5) is 0 Å². The lowest BCUT2D eigenvalue weighted by Crippen LogP contribution is -2.17. The van der Waals surface area contributed by atoms with Crippen molar-refractivity contribution < 1.29 is 14.3 Å². The van der Waals surface area contributed by atoms with Crippen LogP contribution in [0.2, 0.25) is 10.0 Å². The molecule has 0 aliphatic carbocycles. The van der Waals surface area contributed by atoms with Gasteiger partial charge >= 0.3 is 0 Å². The number of aromatic hydroxyl groups is 1. The van der Waals surface area contributed by atoms with Gasteiger partial charge in [-0.1, -0.05) is 53.5 Å². The van der Waals surface area contributed by atoms with Crippen molar-refractivity contribution in [3.8, 4) is 17.1 Å². The monoisotopic (exact) mass is 424 g/mol. The molecule has 0 bridgehead atoms. The standard InChI is InChI=1S/C22H14Cl2N2O3/c23-18-7-3-6-16(21(18)24)20-9-8-15(29-20)12-25-26-22(28)17-10-13-4-1-2-5-14(13)11-19(17)27/h1-12,27H,(H,26,28)/b25-12-. The Morgan fingerprint density at radius 2 is 1.76 bits per heavy atom. The first-order chi connectivity index (χ1) is 14.0. The maximum atomic E-state index is 12.4. The Morgan fingerprint density at radius 3 is 2.55 bits per heavy atom. The molecule has 4 aromatic rings. The summed E-state index contributed by atoms with van der Waals surface area (Å²) in [6, 6.07) is 19.3. The Kier molecular flexibility index (Phi) is 5.25. The van der Waals surface area contributed by atoms with Crippen LogP contribution in [0.15, 0.2) is 76.2 Å². The smallest absolute Gasteiger partial charge is 0.275 e. The molecule has 0 saturated heterocycles. The minimum atomic E-state index is -0.533. The average molecular weight is 425 g/mol.